The second-order valence-corrected chi connectivity index (χ2v) is 7.95. The standard InChI is InChI=1S/C22H36O5S/c1-5-8-15-25-19(7-3)20(26-16-9-6-2)21(27-17(4)23)22(24)28-18-13-11-10-12-14-18/h10-14,19-22,24H,5-9,15-16H2,1-4H3. The molecule has 1 aromatic carbocycles. The first-order valence-corrected chi connectivity index (χ1v) is 11.2. The molecule has 0 bridgehead atoms. The average Bonchev–Trinajstić information content (AvgIpc) is 2.68. The highest BCUT2D eigenvalue weighted by Crippen LogP contribution is 2.29. The monoisotopic (exact) mass is 412 g/mol. The Morgan fingerprint density at radius 2 is 1.61 bits per heavy atom. The van der Waals surface area contributed by atoms with Crippen LogP contribution in [0.2, 0.25) is 0 Å². The SMILES string of the molecule is CCCCOC(CC)C(OCCCC)C(OC(C)=O)C(O)Sc1ccccc1. The lowest BCUT2D eigenvalue weighted by molar-refractivity contribution is -0.176. The molecule has 4 unspecified atom stereocenters. The zero-order valence-corrected chi connectivity index (χ0v) is 18.5. The Kier molecular flexibility index (Phi) is 13.2. The number of aliphatic hydroxyl groups is 1. The van der Waals surface area contributed by atoms with Gasteiger partial charge in [-0.3, -0.25) is 4.79 Å². The number of esters is 1. The lowest BCUT2D eigenvalue weighted by Crippen LogP contribution is -2.48. The third kappa shape index (κ3) is 9.41. The molecule has 0 amide bonds. The molecule has 0 radical (unpaired) electrons. The van der Waals surface area contributed by atoms with E-state index in [-0.39, 0.29) is 6.10 Å². The Hall–Kier alpha value is -1.08. The predicted molar refractivity (Wildman–Crippen MR) is 113 cm³/mol. The van der Waals surface area contributed by atoms with Crippen molar-refractivity contribution in [2.75, 3.05) is 13.2 Å². The van der Waals surface area contributed by atoms with Crippen LogP contribution in [0.5, 0.6) is 0 Å². The Labute approximate surface area is 174 Å². The number of carbonyl (C=O) groups is 1. The Balaban J connectivity index is 3.00. The highest BCUT2D eigenvalue weighted by Gasteiger charge is 2.38. The fourth-order valence-electron chi connectivity index (χ4n) is 2.79. The maximum atomic E-state index is 11.8. The van der Waals surface area contributed by atoms with Crippen molar-refractivity contribution < 1.29 is 24.1 Å². The summed E-state index contributed by atoms with van der Waals surface area (Å²) < 4.78 is 17.7. The largest absolute Gasteiger partial charge is 0.456 e. The van der Waals surface area contributed by atoms with Crippen LogP contribution in [0.4, 0.5) is 0 Å². The molecular weight excluding hydrogens is 376 g/mol. The van der Waals surface area contributed by atoms with E-state index in [1.807, 2.05) is 37.3 Å². The molecule has 1 aromatic rings. The minimum Gasteiger partial charge on any atom is -0.456 e. The maximum absolute atomic E-state index is 11.8. The Bertz CT molecular complexity index is 525. The minimum absolute atomic E-state index is 0.251. The summed E-state index contributed by atoms with van der Waals surface area (Å²) in [5.41, 5.74) is -0.957. The highest BCUT2D eigenvalue weighted by molar-refractivity contribution is 7.99. The summed E-state index contributed by atoms with van der Waals surface area (Å²) in [6.45, 7) is 8.74. The number of ether oxygens (including phenoxy) is 3. The van der Waals surface area contributed by atoms with E-state index in [0.717, 1.165) is 30.6 Å². The summed E-state index contributed by atoms with van der Waals surface area (Å²) in [6, 6.07) is 9.58. The van der Waals surface area contributed by atoms with Gasteiger partial charge in [-0.25, -0.2) is 0 Å². The highest BCUT2D eigenvalue weighted by atomic mass is 32.2. The van der Waals surface area contributed by atoms with Gasteiger partial charge in [0.15, 0.2) is 6.10 Å². The summed E-state index contributed by atoms with van der Waals surface area (Å²) in [5.74, 6) is -0.440. The van der Waals surface area contributed by atoms with Crippen molar-refractivity contribution in [2.24, 2.45) is 0 Å². The van der Waals surface area contributed by atoms with Gasteiger partial charge >= 0.3 is 5.97 Å². The number of carbonyl (C=O) groups excluding carboxylic acids is 1. The van der Waals surface area contributed by atoms with Gasteiger partial charge < -0.3 is 19.3 Å². The number of rotatable bonds is 15. The summed E-state index contributed by atoms with van der Waals surface area (Å²) >= 11 is 1.26. The molecule has 5 nitrogen and oxygen atoms in total. The Morgan fingerprint density at radius 3 is 2.14 bits per heavy atom. The number of unbranched alkanes of at least 4 members (excludes halogenated alkanes) is 2. The van der Waals surface area contributed by atoms with Gasteiger partial charge in [0.2, 0.25) is 0 Å². The molecule has 1 rings (SSSR count). The number of benzene rings is 1. The predicted octanol–water partition coefficient (Wildman–Crippen LogP) is 4.81. The van der Waals surface area contributed by atoms with Crippen molar-refractivity contribution in [1.29, 1.82) is 0 Å². The minimum atomic E-state index is -0.957. The van der Waals surface area contributed by atoms with E-state index in [1.165, 1.54) is 18.7 Å². The van der Waals surface area contributed by atoms with Gasteiger partial charge in [-0.2, -0.15) is 0 Å². The van der Waals surface area contributed by atoms with E-state index >= 15 is 0 Å². The van der Waals surface area contributed by atoms with E-state index in [1.54, 1.807) is 0 Å². The van der Waals surface area contributed by atoms with Crippen molar-refractivity contribution in [2.45, 2.75) is 88.4 Å². The fourth-order valence-corrected chi connectivity index (χ4v) is 3.72. The normalized spacial score (nSPS) is 15.6. The molecule has 0 aromatic heterocycles. The second-order valence-electron chi connectivity index (χ2n) is 6.76. The molecule has 0 spiro atoms. The average molecular weight is 413 g/mol. The van der Waals surface area contributed by atoms with E-state index < -0.39 is 23.6 Å². The van der Waals surface area contributed by atoms with Gasteiger partial charge in [0.1, 0.15) is 11.5 Å². The molecule has 0 fully saturated rings. The van der Waals surface area contributed by atoms with Gasteiger partial charge in [-0.05, 0) is 31.4 Å². The number of thioether (sulfide) groups is 1. The number of aliphatic hydroxyl groups excluding tert-OH is 1. The van der Waals surface area contributed by atoms with Crippen LogP contribution >= 0.6 is 11.8 Å². The molecule has 0 aliphatic carbocycles. The zero-order valence-electron chi connectivity index (χ0n) is 17.6. The van der Waals surface area contributed by atoms with Crippen LogP contribution in [0.15, 0.2) is 35.2 Å². The van der Waals surface area contributed by atoms with Gasteiger partial charge in [0.05, 0.1) is 6.10 Å². The van der Waals surface area contributed by atoms with E-state index in [0.29, 0.717) is 19.6 Å². The molecule has 1 N–H and O–H groups in total. The number of hydrogen-bond donors (Lipinski definition) is 1. The second kappa shape index (κ2) is 14.9. The van der Waals surface area contributed by atoms with Gasteiger partial charge in [0, 0.05) is 25.0 Å². The van der Waals surface area contributed by atoms with Crippen LogP contribution in [0.1, 0.15) is 59.8 Å². The molecule has 28 heavy (non-hydrogen) atoms. The van der Waals surface area contributed by atoms with E-state index in [4.69, 9.17) is 14.2 Å². The van der Waals surface area contributed by atoms with Crippen LogP contribution in [0.25, 0.3) is 0 Å². The summed E-state index contributed by atoms with van der Waals surface area (Å²) in [7, 11) is 0. The zero-order chi connectivity index (χ0) is 20.8. The van der Waals surface area contributed by atoms with Gasteiger partial charge in [-0.15, -0.1) is 0 Å². The summed E-state index contributed by atoms with van der Waals surface area (Å²) in [4.78, 5) is 12.7. The molecule has 0 aliphatic heterocycles. The molecule has 160 valence electrons. The van der Waals surface area contributed by atoms with Gasteiger partial charge in [-0.1, -0.05) is 63.6 Å². The molecule has 0 saturated carbocycles. The molecule has 0 aliphatic rings. The third-order valence-corrected chi connectivity index (χ3v) is 5.37. The first-order valence-electron chi connectivity index (χ1n) is 10.3. The van der Waals surface area contributed by atoms with Crippen LogP contribution in [0, 0.1) is 0 Å². The molecular formula is C22H36O5S. The van der Waals surface area contributed by atoms with Crippen molar-refractivity contribution in [1.82, 2.24) is 0 Å². The summed E-state index contributed by atoms with van der Waals surface area (Å²) in [5, 5.41) is 10.9. The maximum Gasteiger partial charge on any atom is 0.303 e. The van der Waals surface area contributed by atoms with Crippen molar-refractivity contribution in [3.8, 4) is 0 Å². The summed E-state index contributed by atoms with van der Waals surface area (Å²) in [6.07, 6.45) is 3.01. The third-order valence-electron chi connectivity index (χ3n) is 4.31. The van der Waals surface area contributed by atoms with Crippen molar-refractivity contribution in [3.63, 3.8) is 0 Å². The van der Waals surface area contributed by atoms with E-state index in [9.17, 15) is 9.90 Å². The molecule has 4 atom stereocenters. The molecule has 6 heteroatoms. The van der Waals surface area contributed by atoms with Crippen LogP contribution < -0.4 is 0 Å². The fraction of sp³-hybridized carbons (Fsp3) is 0.682. The van der Waals surface area contributed by atoms with Crippen LogP contribution in [0.3, 0.4) is 0 Å². The quantitative estimate of drug-likeness (QED) is 0.193. The smallest absolute Gasteiger partial charge is 0.303 e. The molecule has 0 saturated heterocycles. The van der Waals surface area contributed by atoms with E-state index in [2.05, 4.69) is 13.8 Å². The molecule has 0 heterocycles. The first-order chi connectivity index (χ1) is 13.5. The lowest BCUT2D eigenvalue weighted by Gasteiger charge is -2.35. The van der Waals surface area contributed by atoms with Crippen molar-refractivity contribution >= 4 is 17.7 Å². The number of hydrogen-bond acceptors (Lipinski definition) is 6. The van der Waals surface area contributed by atoms with Gasteiger partial charge in [0.25, 0.3) is 0 Å². The topological polar surface area (TPSA) is 65.0 Å². The first kappa shape index (κ1) is 25.0. The lowest BCUT2D eigenvalue weighted by atomic mass is 10.1. The van der Waals surface area contributed by atoms with Crippen LogP contribution in [-0.2, 0) is 19.0 Å². The van der Waals surface area contributed by atoms with Crippen molar-refractivity contribution in [3.05, 3.63) is 30.3 Å². The Morgan fingerprint density at radius 1 is 1.00 bits per heavy atom. The van der Waals surface area contributed by atoms with Crippen LogP contribution in [-0.4, -0.2) is 48.0 Å².